The zero-order valence-electron chi connectivity index (χ0n) is 12.8. The van der Waals surface area contributed by atoms with E-state index in [0.29, 0.717) is 12.3 Å². The third-order valence-electron chi connectivity index (χ3n) is 4.13. The number of carbonyl (C=O) groups excluding carboxylic acids is 1. The van der Waals surface area contributed by atoms with Crippen molar-refractivity contribution >= 4 is 11.6 Å². The molecule has 0 bridgehead atoms. The smallest absolute Gasteiger partial charge is 0.282 e. The normalized spacial score (nSPS) is 16.8. The van der Waals surface area contributed by atoms with Gasteiger partial charge in [0.05, 0.1) is 12.0 Å². The molecule has 0 aromatic heterocycles. The summed E-state index contributed by atoms with van der Waals surface area (Å²) < 4.78 is 5.04. The topological polar surface area (TPSA) is 93.5 Å². The lowest BCUT2D eigenvalue weighted by atomic mass is 9.81. The van der Waals surface area contributed by atoms with Gasteiger partial charge in [-0.2, -0.15) is 0 Å². The van der Waals surface area contributed by atoms with Crippen LogP contribution in [0.4, 0.5) is 5.69 Å². The van der Waals surface area contributed by atoms with Gasteiger partial charge in [-0.05, 0) is 43.5 Å². The van der Waals surface area contributed by atoms with Crippen molar-refractivity contribution in [2.75, 3.05) is 26.7 Å². The van der Waals surface area contributed by atoms with Gasteiger partial charge in [-0.1, -0.05) is 6.92 Å². The summed E-state index contributed by atoms with van der Waals surface area (Å²) in [6.45, 7) is 4.47. The lowest BCUT2D eigenvalue weighted by Crippen LogP contribution is -2.43. The van der Waals surface area contributed by atoms with Crippen molar-refractivity contribution in [3.8, 4) is 5.75 Å². The van der Waals surface area contributed by atoms with E-state index < -0.39 is 10.8 Å². The summed E-state index contributed by atoms with van der Waals surface area (Å²) in [6, 6.07) is 4.17. The molecule has 0 spiro atoms. The Morgan fingerprint density at radius 2 is 2.14 bits per heavy atom. The Kier molecular flexibility index (Phi) is 4.97. The number of amides is 1. The van der Waals surface area contributed by atoms with Crippen LogP contribution in [0.2, 0.25) is 0 Å². The Balaban J connectivity index is 2.12. The standard InChI is InChI=1S/C15H21N3O4/c1-15(5-7-16-8-6-15)10-17-14(19)12-9-11(22-2)3-4-13(12)18(20)21/h3-4,9,16H,5-8,10H2,1-2H3,(H,17,19). The molecular formula is C15H21N3O4. The molecule has 0 saturated carbocycles. The van der Waals surface area contributed by atoms with Crippen LogP contribution in [0.5, 0.6) is 5.75 Å². The summed E-state index contributed by atoms with van der Waals surface area (Å²) in [5.41, 5.74) is -0.162. The summed E-state index contributed by atoms with van der Waals surface area (Å²) in [7, 11) is 1.46. The Labute approximate surface area is 129 Å². The second-order valence-corrected chi connectivity index (χ2v) is 5.88. The number of benzene rings is 1. The van der Waals surface area contributed by atoms with Gasteiger partial charge in [-0.15, -0.1) is 0 Å². The fourth-order valence-corrected chi connectivity index (χ4v) is 2.58. The zero-order valence-corrected chi connectivity index (χ0v) is 12.8. The quantitative estimate of drug-likeness (QED) is 0.638. The number of methoxy groups -OCH3 is 1. The maximum absolute atomic E-state index is 12.3. The fourth-order valence-electron chi connectivity index (χ4n) is 2.58. The predicted molar refractivity (Wildman–Crippen MR) is 82.2 cm³/mol. The first-order chi connectivity index (χ1) is 10.4. The molecule has 1 aliphatic rings. The zero-order chi connectivity index (χ0) is 16.2. The molecule has 1 aromatic rings. The van der Waals surface area contributed by atoms with Crippen LogP contribution in [-0.4, -0.2) is 37.6 Å². The fraction of sp³-hybridized carbons (Fsp3) is 0.533. The molecule has 22 heavy (non-hydrogen) atoms. The third kappa shape index (κ3) is 3.73. The van der Waals surface area contributed by atoms with Crippen LogP contribution in [0.3, 0.4) is 0 Å². The molecule has 7 heteroatoms. The van der Waals surface area contributed by atoms with Gasteiger partial charge >= 0.3 is 0 Å². The van der Waals surface area contributed by atoms with Crippen molar-refractivity contribution in [2.24, 2.45) is 5.41 Å². The van der Waals surface area contributed by atoms with Crippen LogP contribution < -0.4 is 15.4 Å². The average Bonchev–Trinajstić information content (AvgIpc) is 2.52. The van der Waals surface area contributed by atoms with Gasteiger partial charge in [-0.25, -0.2) is 0 Å². The van der Waals surface area contributed by atoms with Gasteiger partial charge in [0, 0.05) is 12.6 Å². The highest BCUT2D eigenvalue weighted by molar-refractivity contribution is 5.98. The highest BCUT2D eigenvalue weighted by Gasteiger charge is 2.28. The first kappa shape index (κ1) is 16.2. The van der Waals surface area contributed by atoms with Crippen molar-refractivity contribution in [1.82, 2.24) is 10.6 Å². The minimum absolute atomic E-state index is 0.0224. The van der Waals surface area contributed by atoms with E-state index in [0.717, 1.165) is 25.9 Å². The first-order valence-corrected chi connectivity index (χ1v) is 7.26. The van der Waals surface area contributed by atoms with Crippen LogP contribution in [0.25, 0.3) is 0 Å². The van der Waals surface area contributed by atoms with Gasteiger partial charge in [0.2, 0.25) is 0 Å². The average molecular weight is 307 g/mol. The molecule has 0 atom stereocenters. The van der Waals surface area contributed by atoms with Crippen molar-refractivity contribution in [3.05, 3.63) is 33.9 Å². The molecular weight excluding hydrogens is 286 g/mol. The number of carbonyl (C=O) groups is 1. The minimum atomic E-state index is -0.555. The monoisotopic (exact) mass is 307 g/mol. The van der Waals surface area contributed by atoms with Crippen LogP contribution >= 0.6 is 0 Å². The predicted octanol–water partition coefficient (Wildman–Crippen LogP) is 1.72. The van der Waals surface area contributed by atoms with Gasteiger partial charge in [0.25, 0.3) is 11.6 Å². The summed E-state index contributed by atoms with van der Waals surface area (Å²) in [6.07, 6.45) is 1.93. The van der Waals surface area contributed by atoms with Crippen molar-refractivity contribution in [2.45, 2.75) is 19.8 Å². The van der Waals surface area contributed by atoms with E-state index in [9.17, 15) is 14.9 Å². The second-order valence-electron chi connectivity index (χ2n) is 5.88. The summed E-state index contributed by atoms with van der Waals surface area (Å²) in [5.74, 6) is -0.0193. The van der Waals surface area contributed by atoms with E-state index in [-0.39, 0.29) is 16.7 Å². The van der Waals surface area contributed by atoms with E-state index in [1.165, 1.54) is 25.3 Å². The number of rotatable bonds is 5. The number of nitro groups is 1. The number of ether oxygens (including phenoxy) is 1. The van der Waals surface area contributed by atoms with E-state index in [1.807, 2.05) is 0 Å². The van der Waals surface area contributed by atoms with E-state index >= 15 is 0 Å². The molecule has 0 aliphatic carbocycles. The highest BCUT2D eigenvalue weighted by Crippen LogP contribution is 2.28. The maximum atomic E-state index is 12.3. The van der Waals surface area contributed by atoms with Gasteiger partial charge in [-0.3, -0.25) is 14.9 Å². The van der Waals surface area contributed by atoms with E-state index in [1.54, 1.807) is 0 Å². The van der Waals surface area contributed by atoms with Gasteiger partial charge in [0.1, 0.15) is 11.3 Å². The molecule has 7 nitrogen and oxygen atoms in total. The molecule has 2 N–H and O–H groups in total. The first-order valence-electron chi connectivity index (χ1n) is 7.26. The molecule has 1 aromatic carbocycles. The number of piperidine rings is 1. The van der Waals surface area contributed by atoms with Crippen molar-refractivity contribution < 1.29 is 14.5 Å². The number of nitrogens with one attached hydrogen (secondary N) is 2. The Morgan fingerprint density at radius 1 is 1.45 bits per heavy atom. The van der Waals surface area contributed by atoms with E-state index in [4.69, 9.17) is 4.74 Å². The number of nitro benzene ring substituents is 1. The Hall–Kier alpha value is -2.15. The SMILES string of the molecule is COc1ccc([N+](=O)[O-])c(C(=O)NCC2(C)CCNCC2)c1. The number of hydrogen-bond donors (Lipinski definition) is 2. The van der Waals surface area contributed by atoms with Crippen molar-refractivity contribution in [1.29, 1.82) is 0 Å². The summed E-state index contributed by atoms with van der Waals surface area (Å²) in [4.78, 5) is 22.9. The molecule has 0 unspecified atom stereocenters. The maximum Gasteiger partial charge on any atom is 0.282 e. The summed E-state index contributed by atoms with van der Waals surface area (Å²) >= 11 is 0. The third-order valence-corrected chi connectivity index (χ3v) is 4.13. The van der Waals surface area contributed by atoms with Crippen molar-refractivity contribution in [3.63, 3.8) is 0 Å². The molecule has 0 radical (unpaired) electrons. The molecule has 2 rings (SSSR count). The van der Waals surface area contributed by atoms with Crippen LogP contribution in [0.1, 0.15) is 30.1 Å². The Bertz CT molecular complexity index is 568. The Morgan fingerprint density at radius 3 is 2.73 bits per heavy atom. The van der Waals surface area contributed by atoms with Gasteiger partial charge < -0.3 is 15.4 Å². The number of nitrogens with zero attached hydrogens (tertiary/aromatic N) is 1. The minimum Gasteiger partial charge on any atom is -0.497 e. The second kappa shape index (κ2) is 6.74. The largest absolute Gasteiger partial charge is 0.497 e. The summed E-state index contributed by atoms with van der Waals surface area (Å²) in [5, 5.41) is 17.2. The van der Waals surface area contributed by atoms with Gasteiger partial charge in [0.15, 0.2) is 0 Å². The van der Waals surface area contributed by atoms with Crippen LogP contribution in [0.15, 0.2) is 18.2 Å². The molecule has 1 aliphatic heterocycles. The van der Waals surface area contributed by atoms with E-state index in [2.05, 4.69) is 17.6 Å². The lowest BCUT2D eigenvalue weighted by molar-refractivity contribution is -0.385. The van der Waals surface area contributed by atoms with Crippen LogP contribution in [-0.2, 0) is 0 Å². The molecule has 1 saturated heterocycles. The number of hydrogen-bond acceptors (Lipinski definition) is 5. The molecule has 1 amide bonds. The molecule has 120 valence electrons. The molecule has 1 fully saturated rings. The highest BCUT2D eigenvalue weighted by atomic mass is 16.6. The molecule has 1 heterocycles. The lowest BCUT2D eigenvalue weighted by Gasteiger charge is -2.34. The van der Waals surface area contributed by atoms with Crippen LogP contribution in [0, 0.1) is 15.5 Å².